The van der Waals surface area contributed by atoms with Gasteiger partial charge in [-0.05, 0) is 57.8 Å². The van der Waals surface area contributed by atoms with Gasteiger partial charge in [0.05, 0.1) is 0 Å². The maximum absolute atomic E-state index is 3.97. The van der Waals surface area contributed by atoms with Crippen molar-refractivity contribution < 1.29 is 0 Å². The predicted molar refractivity (Wildman–Crippen MR) is 86.0 cm³/mol. The molecule has 116 valence electrons. The molecule has 1 heterocycles. The molecular weight excluding hydrogens is 244 g/mol. The topological polar surface area (TPSA) is 15.3 Å². The zero-order chi connectivity index (χ0) is 14.2. The Bertz CT molecular complexity index is 319. The van der Waals surface area contributed by atoms with Crippen LogP contribution in [0.2, 0.25) is 0 Å². The molecule has 20 heavy (non-hydrogen) atoms. The molecule has 0 aromatic carbocycles. The van der Waals surface area contributed by atoms with E-state index in [0.717, 1.165) is 23.9 Å². The van der Waals surface area contributed by atoms with Gasteiger partial charge in [-0.3, -0.25) is 4.90 Å². The van der Waals surface area contributed by atoms with Crippen LogP contribution in [0.4, 0.5) is 0 Å². The standard InChI is InChI=1S/C18H34N2/c1-4-14(2)20-13-18(3,16-10-11-16)19-12-17(20)15-8-6-5-7-9-15/h14-17,19H,4-13H2,1-3H3. The molecule has 2 nitrogen and oxygen atoms in total. The Labute approximate surface area is 125 Å². The number of hydrogen-bond donors (Lipinski definition) is 1. The minimum absolute atomic E-state index is 0.397. The first-order chi connectivity index (χ1) is 9.64. The van der Waals surface area contributed by atoms with Crippen LogP contribution < -0.4 is 5.32 Å². The van der Waals surface area contributed by atoms with Gasteiger partial charge in [-0.1, -0.05) is 26.2 Å². The smallest absolute Gasteiger partial charge is 0.0309 e. The van der Waals surface area contributed by atoms with Gasteiger partial charge in [-0.25, -0.2) is 0 Å². The van der Waals surface area contributed by atoms with Crippen LogP contribution in [0, 0.1) is 11.8 Å². The molecule has 1 N–H and O–H groups in total. The lowest BCUT2D eigenvalue weighted by Crippen LogP contribution is -2.67. The average molecular weight is 278 g/mol. The summed E-state index contributed by atoms with van der Waals surface area (Å²) in [5, 5.41) is 3.97. The molecule has 1 aliphatic heterocycles. The Morgan fingerprint density at radius 3 is 2.45 bits per heavy atom. The summed E-state index contributed by atoms with van der Waals surface area (Å²) in [4.78, 5) is 2.89. The normalized spacial score (nSPS) is 38.9. The van der Waals surface area contributed by atoms with Crippen LogP contribution in [0.3, 0.4) is 0 Å². The van der Waals surface area contributed by atoms with E-state index in [4.69, 9.17) is 0 Å². The minimum atomic E-state index is 0.397. The van der Waals surface area contributed by atoms with Crippen molar-refractivity contribution in [3.05, 3.63) is 0 Å². The van der Waals surface area contributed by atoms with E-state index in [1.807, 2.05) is 0 Å². The molecule has 0 amide bonds. The second kappa shape index (κ2) is 5.96. The van der Waals surface area contributed by atoms with E-state index in [9.17, 15) is 0 Å². The summed E-state index contributed by atoms with van der Waals surface area (Å²) in [6.07, 6.45) is 11.5. The monoisotopic (exact) mass is 278 g/mol. The maximum Gasteiger partial charge on any atom is 0.0309 e. The predicted octanol–water partition coefficient (Wildman–Crippen LogP) is 3.81. The molecular formula is C18H34N2. The van der Waals surface area contributed by atoms with Crippen molar-refractivity contribution in [2.24, 2.45) is 11.8 Å². The van der Waals surface area contributed by atoms with Gasteiger partial charge in [0, 0.05) is 30.7 Å². The highest BCUT2D eigenvalue weighted by Crippen LogP contribution is 2.43. The second-order valence-corrected chi connectivity index (χ2v) is 7.97. The van der Waals surface area contributed by atoms with Gasteiger partial charge >= 0.3 is 0 Å². The van der Waals surface area contributed by atoms with E-state index >= 15 is 0 Å². The lowest BCUT2D eigenvalue weighted by Gasteiger charge is -2.52. The largest absolute Gasteiger partial charge is 0.308 e. The maximum atomic E-state index is 3.97. The number of nitrogens with one attached hydrogen (secondary N) is 1. The number of hydrogen-bond acceptors (Lipinski definition) is 2. The van der Waals surface area contributed by atoms with Gasteiger partial charge in [-0.15, -0.1) is 0 Å². The van der Waals surface area contributed by atoms with Gasteiger partial charge in [0.1, 0.15) is 0 Å². The van der Waals surface area contributed by atoms with Crippen LogP contribution >= 0.6 is 0 Å². The van der Waals surface area contributed by atoms with Gasteiger partial charge < -0.3 is 5.32 Å². The third kappa shape index (κ3) is 2.92. The Hall–Kier alpha value is -0.0800. The van der Waals surface area contributed by atoms with Gasteiger partial charge in [0.2, 0.25) is 0 Å². The summed E-state index contributed by atoms with van der Waals surface area (Å²) >= 11 is 0. The highest BCUT2D eigenvalue weighted by atomic mass is 15.3. The number of piperazine rings is 1. The molecule has 0 aromatic heterocycles. The first-order valence-electron chi connectivity index (χ1n) is 9.15. The second-order valence-electron chi connectivity index (χ2n) is 7.97. The summed E-state index contributed by atoms with van der Waals surface area (Å²) in [6.45, 7) is 9.82. The molecule has 0 aromatic rings. The minimum Gasteiger partial charge on any atom is -0.308 e. The van der Waals surface area contributed by atoms with E-state index in [1.165, 1.54) is 64.5 Å². The first-order valence-corrected chi connectivity index (χ1v) is 9.15. The molecule has 3 fully saturated rings. The van der Waals surface area contributed by atoms with E-state index in [1.54, 1.807) is 0 Å². The summed E-state index contributed by atoms with van der Waals surface area (Å²) in [7, 11) is 0. The van der Waals surface area contributed by atoms with Crippen LogP contribution in [-0.2, 0) is 0 Å². The molecule has 2 saturated carbocycles. The lowest BCUT2D eigenvalue weighted by molar-refractivity contribution is 0.00687. The molecule has 3 atom stereocenters. The Morgan fingerprint density at radius 2 is 1.85 bits per heavy atom. The molecule has 0 spiro atoms. The summed E-state index contributed by atoms with van der Waals surface area (Å²) in [6, 6.07) is 1.55. The number of nitrogens with zero attached hydrogens (tertiary/aromatic N) is 1. The molecule has 0 bridgehead atoms. The van der Waals surface area contributed by atoms with Crippen molar-refractivity contribution in [1.82, 2.24) is 10.2 Å². The van der Waals surface area contributed by atoms with Crippen LogP contribution in [0.5, 0.6) is 0 Å². The van der Waals surface area contributed by atoms with Gasteiger partial charge in [-0.2, -0.15) is 0 Å². The van der Waals surface area contributed by atoms with E-state index in [0.29, 0.717) is 5.54 Å². The first kappa shape index (κ1) is 14.8. The van der Waals surface area contributed by atoms with Crippen molar-refractivity contribution in [1.29, 1.82) is 0 Å². The Morgan fingerprint density at radius 1 is 1.15 bits per heavy atom. The zero-order valence-electron chi connectivity index (χ0n) is 13.8. The molecule has 0 radical (unpaired) electrons. The summed E-state index contributed by atoms with van der Waals surface area (Å²) in [5.41, 5.74) is 0.397. The summed E-state index contributed by atoms with van der Waals surface area (Å²) in [5.74, 6) is 1.90. The van der Waals surface area contributed by atoms with Crippen LogP contribution in [0.15, 0.2) is 0 Å². The van der Waals surface area contributed by atoms with Gasteiger partial charge in [0.15, 0.2) is 0 Å². The molecule has 3 rings (SSSR count). The Balaban J connectivity index is 1.71. The third-order valence-electron chi connectivity index (χ3n) is 6.48. The van der Waals surface area contributed by atoms with Crippen LogP contribution in [0.25, 0.3) is 0 Å². The van der Waals surface area contributed by atoms with Crippen molar-refractivity contribution in [3.63, 3.8) is 0 Å². The molecule has 3 aliphatic rings. The van der Waals surface area contributed by atoms with Crippen molar-refractivity contribution in [2.45, 2.75) is 89.8 Å². The number of rotatable bonds is 4. The van der Waals surface area contributed by atoms with E-state index in [2.05, 4.69) is 31.0 Å². The highest BCUT2D eigenvalue weighted by molar-refractivity contribution is 5.05. The molecule has 2 aliphatic carbocycles. The zero-order valence-corrected chi connectivity index (χ0v) is 13.8. The summed E-state index contributed by atoms with van der Waals surface area (Å²) < 4.78 is 0. The quantitative estimate of drug-likeness (QED) is 0.841. The average Bonchev–Trinajstić information content (AvgIpc) is 3.32. The SMILES string of the molecule is CCC(C)N1CC(C)(C2CC2)NCC1C1CCCCC1. The molecule has 2 heteroatoms. The van der Waals surface area contributed by atoms with Crippen LogP contribution in [-0.4, -0.2) is 35.6 Å². The van der Waals surface area contributed by atoms with Crippen molar-refractivity contribution >= 4 is 0 Å². The fraction of sp³-hybridized carbons (Fsp3) is 1.00. The van der Waals surface area contributed by atoms with Crippen LogP contribution in [0.1, 0.15) is 72.1 Å². The molecule has 1 saturated heterocycles. The van der Waals surface area contributed by atoms with E-state index < -0.39 is 0 Å². The highest BCUT2D eigenvalue weighted by Gasteiger charge is 2.47. The fourth-order valence-electron chi connectivity index (χ4n) is 4.67. The van der Waals surface area contributed by atoms with E-state index in [-0.39, 0.29) is 0 Å². The lowest BCUT2D eigenvalue weighted by atomic mass is 9.79. The fourth-order valence-corrected chi connectivity index (χ4v) is 4.67. The Kier molecular flexibility index (Phi) is 4.42. The van der Waals surface area contributed by atoms with Crippen molar-refractivity contribution in [3.8, 4) is 0 Å². The third-order valence-corrected chi connectivity index (χ3v) is 6.48. The van der Waals surface area contributed by atoms with Crippen molar-refractivity contribution in [2.75, 3.05) is 13.1 Å². The van der Waals surface area contributed by atoms with Gasteiger partial charge in [0.25, 0.3) is 0 Å². The molecule has 3 unspecified atom stereocenters.